The third-order valence-corrected chi connectivity index (χ3v) is 7.51. The molecule has 3 heterocycles. The highest BCUT2D eigenvalue weighted by molar-refractivity contribution is 9.13. The molecule has 0 unspecified atom stereocenters. The van der Waals surface area contributed by atoms with Crippen LogP contribution in [0.1, 0.15) is 25.0 Å². The number of amidine groups is 1. The molecule has 2 aliphatic heterocycles. The molecule has 1 aromatic carbocycles. The van der Waals surface area contributed by atoms with Crippen LogP contribution in [0.15, 0.2) is 53.8 Å². The average Bonchev–Trinajstić information content (AvgIpc) is 3.16. The number of rotatable bonds is 3. The smallest absolute Gasteiger partial charge is 0.266 e. The van der Waals surface area contributed by atoms with Crippen molar-refractivity contribution in [2.45, 2.75) is 19.3 Å². The molecule has 1 aromatic heterocycles. The number of anilines is 1. The van der Waals surface area contributed by atoms with E-state index in [1.54, 1.807) is 18.0 Å². The summed E-state index contributed by atoms with van der Waals surface area (Å²) in [6.45, 7) is 2.24. The molecule has 4 rings (SSSR count). The van der Waals surface area contributed by atoms with Crippen LogP contribution in [0.5, 0.6) is 0 Å². The van der Waals surface area contributed by atoms with Crippen molar-refractivity contribution in [1.29, 1.82) is 0 Å². The van der Waals surface area contributed by atoms with Gasteiger partial charge < -0.3 is 9.32 Å². The number of benzene rings is 1. The van der Waals surface area contributed by atoms with E-state index in [2.05, 4.69) is 53.9 Å². The Morgan fingerprint density at radius 3 is 2.50 bits per heavy atom. The molecule has 0 bridgehead atoms. The third-order valence-electron chi connectivity index (χ3n) is 4.74. The van der Waals surface area contributed by atoms with Crippen LogP contribution in [-0.2, 0) is 4.79 Å². The van der Waals surface area contributed by atoms with Gasteiger partial charge in [-0.15, -0.1) is 0 Å². The molecule has 1 amide bonds. The maximum absolute atomic E-state index is 12.5. The first-order valence-electron chi connectivity index (χ1n) is 9.07. The molecule has 0 aliphatic carbocycles. The first kappa shape index (κ1) is 19.8. The molecule has 0 saturated carbocycles. The molecule has 2 fully saturated rings. The zero-order chi connectivity index (χ0) is 19.7. The zero-order valence-electron chi connectivity index (χ0n) is 15.3. The number of carbonyl (C=O) groups is 1. The number of hydrogen-bond donors (Lipinski definition) is 0. The van der Waals surface area contributed by atoms with Crippen molar-refractivity contribution < 1.29 is 9.21 Å². The van der Waals surface area contributed by atoms with Gasteiger partial charge in [0.15, 0.2) is 9.84 Å². The third kappa shape index (κ3) is 4.23. The van der Waals surface area contributed by atoms with Gasteiger partial charge in [0, 0.05) is 31.9 Å². The molecule has 0 atom stereocenters. The average molecular weight is 525 g/mol. The van der Waals surface area contributed by atoms with Gasteiger partial charge >= 0.3 is 0 Å². The summed E-state index contributed by atoms with van der Waals surface area (Å²) in [4.78, 5) is 21.8. The minimum Gasteiger partial charge on any atom is -0.449 e. The quantitative estimate of drug-likeness (QED) is 0.460. The summed E-state index contributed by atoms with van der Waals surface area (Å²) < 4.78 is 6.96. The van der Waals surface area contributed by atoms with Gasteiger partial charge in [0.2, 0.25) is 0 Å². The summed E-state index contributed by atoms with van der Waals surface area (Å²) in [6, 6.07) is 10.1. The molecule has 2 aliphatic rings. The van der Waals surface area contributed by atoms with E-state index in [1.807, 2.05) is 18.2 Å². The molecule has 146 valence electrons. The van der Waals surface area contributed by atoms with E-state index in [-0.39, 0.29) is 5.91 Å². The summed E-state index contributed by atoms with van der Waals surface area (Å²) in [5.41, 5.74) is 2.08. The molecule has 5 nitrogen and oxygen atoms in total. The van der Waals surface area contributed by atoms with Crippen molar-refractivity contribution in [1.82, 2.24) is 4.90 Å². The fourth-order valence-electron chi connectivity index (χ4n) is 3.22. The van der Waals surface area contributed by atoms with Crippen molar-refractivity contribution in [3.05, 3.63) is 50.1 Å². The van der Waals surface area contributed by atoms with E-state index < -0.39 is 0 Å². The van der Waals surface area contributed by atoms with Crippen molar-refractivity contribution in [2.24, 2.45) is 4.99 Å². The maximum Gasteiger partial charge on any atom is 0.266 e. The number of hydrogen-bond acceptors (Lipinski definition) is 5. The first-order chi connectivity index (χ1) is 13.5. The van der Waals surface area contributed by atoms with Crippen LogP contribution in [0.4, 0.5) is 11.4 Å². The van der Waals surface area contributed by atoms with E-state index in [9.17, 15) is 4.79 Å². The lowest BCUT2D eigenvalue weighted by molar-refractivity contribution is -0.121. The largest absolute Gasteiger partial charge is 0.449 e. The van der Waals surface area contributed by atoms with Gasteiger partial charge in [-0.05, 0) is 93.2 Å². The van der Waals surface area contributed by atoms with Crippen LogP contribution < -0.4 is 4.90 Å². The zero-order valence-corrected chi connectivity index (χ0v) is 19.3. The lowest BCUT2D eigenvalue weighted by Gasteiger charge is -2.28. The van der Waals surface area contributed by atoms with Gasteiger partial charge in [-0.3, -0.25) is 9.69 Å². The molecule has 28 heavy (non-hydrogen) atoms. The second-order valence-corrected chi connectivity index (χ2v) is 9.29. The Labute approximate surface area is 185 Å². The molecule has 0 spiro atoms. The number of nitrogens with zero attached hydrogens (tertiary/aromatic N) is 3. The fraction of sp³-hybridized carbons (Fsp3) is 0.300. The number of thioether (sulfide) groups is 1. The number of aliphatic imine (C=N–C) groups is 1. The monoisotopic (exact) mass is 523 g/mol. The summed E-state index contributed by atoms with van der Waals surface area (Å²) >= 11 is 8.05. The highest BCUT2D eigenvalue weighted by Gasteiger charge is 2.30. The Kier molecular flexibility index (Phi) is 5.99. The number of furan rings is 1. The Hall–Kier alpha value is -1.51. The Bertz CT molecular complexity index is 927. The summed E-state index contributed by atoms with van der Waals surface area (Å²) in [6.07, 6.45) is 5.57. The number of halogens is 2. The molecule has 2 aromatic rings. The molecule has 2 saturated heterocycles. The predicted octanol–water partition coefficient (Wildman–Crippen LogP) is 6.03. The molecular weight excluding hydrogens is 506 g/mol. The minimum atomic E-state index is -0.0858. The topological polar surface area (TPSA) is 49.1 Å². The van der Waals surface area contributed by atoms with Crippen molar-refractivity contribution >= 4 is 72.1 Å². The molecular formula is C20H19Br2N3O2S. The summed E-state index contributed by atoms with van der Waals surface area (Å²) in [5, 5.41) is 0.659. The normalized spacial score (nSPS) is 20.6. The van der Waals surface area contributed by atoms with Gasteiger partial charge in [-0.2, -0.15) is 0 Å². The number of piperidine rings is 1. The SMILES string of the molecule is CN1C(=O)/C(=C/c2cc(Br)c(Br)o2)SC1=Nc1ccc(N2CCCCC2)cc1. The van der Waals surface area contributed by atoms with Crippen molar-refractivity contribution in [2.75, 3.05) is 25.0 Å². The van der Waals surface area contributed by atoms with Crippen LogP contribution in [0.3, 0.4) is 0 Å². The van der Waals surface area contributed by atoms with Gasteiger partial charge in [-0.25, -0.2) is 4.99 Å². The summed E-state index contributed by atoms with van der Waals surface area (Å²) in [7, 11) is 1.74. The van der Waals surface area contributed by atoms with Crippen LogP contribution in [0.25, 0.3) is 6.08 Å². The van der Waals surface area contributed by atoms with E-state index in [1.165, 1.54) is 36.7 Å². The van der Waals surface area contributed by atoms with Crippen molar-refractivity contribution in [3.63, 3.8) is 0 Å². The number of likely N-dealkylation sites (N-methyl/N-ethyl adjacent to an activating group) is 1. The Morgan fingerprint density at radius 2 is 1.86 bits per heavy atom. The number of carbonyl (C=O) groups excluding carboxylic acids is 1. The van der Waals surface area contributed by atoms with E-state index in [4.69, 9.17) is 4.42 Å². The van der Waals surface area contributed by atoms with Crippen LogP contribution in [-0.4, -0.2) is 36.1 Å². The lowest BCUT2D eigenvalue weighted by Crippen LogP contribution is -2.29. The predicted molar refractivity (Wildman–Crippen MR) is 122 cm³/mol. The lowest BCUT2D eigenvalue weighted by atomic mass is 10.1. The van der Waals surface area contributed by atoms with Crippen LogP contribution >= 0.6 is 43.6 Å². The van der Waals surface area contributed by atoms with E-state index >= 15 is 0 Å². The highest BCUT2D eigenvalue weighted by atomic mass is 79.9. The maximum atomic E-state index is 12.5. The Balaban J connectivity index is 1.52. The molecule has 8 heteroatoms. The summed E-state index contributed by atoms with van der Waals surface area (Å²) in [5.74, 6) is 0.521. The number of amides is 1. The van der Waals surface area contributed by atoms with E-state index in [0.29, 0.717) is 20.5 Å². The fourth-order valence-corrected chi connectivity index (χ4v) is 4.79. The van der Waals surface area contributed by atoms with Gasteiger partial charge in [-0.1, -0.05) is 0 Å². The second-order valence-electron chi connectivity index (χ2n) is 6.70. The van der Waals surface area contributed by atoms with Gasteiger partial charge in [0.25, 0.3) is 5.91 Å². The molecule has 0 N–H and O–H groups in total. The van der Waals surface area contributed by atoms with E-state index in [0.717, 1.165) is 23.2 Å². The van der Waals surface area contributed by atoms with Crippen molar-refractivity contribution in [3.8, 4) is 0 Å². The Morgan fingerprint density at radius 1 is 1.14 bits per heavy atom. The van der Waals surface area contributed by atoms with Gasteiger partial charge in [0.1, 0.15) is 5.76 Å². The standard InChI is InChI=1S/C20H19Br2N3O2S/c1-24-19(26)17(12-15-11-16(21)18(22)27-15)28-20(24)23-13-5-7-14(8-6-13)25-9-3-2-4-10-25/h5-8,11-12H,2-4,9-10H2,1H3/b17-12-,23-20?. The van der Waals surface area contributed by atoms with Gasteiger partial charge in [0.05, 0.1) is 15.1 Å². The molecule has 0 radical (unpaired) electrons. The first-order valence-corrected chi connectivity index (χ1v) is 11.5. The van der Waals surface area contributed by atoms with Crippen LogP contribution in [0, 0.1) is 0 Å². The second kappa shape index (κ2) is 8.47. The highest BCUT2D eigenvalue weighted by Crippen LogP contribution is 2.35. The minimum absolute atomic E-state index is 0.0858. The van der Waals surface area contributed by atoms with Crippen LogP contribution in [0.2, 0.25) is 0 Å².